The fourth-order valence-electron chi connectivity index (χ4n) is 1.66. The van der Waals surface area contributed by atoms with E-state index in [4.69, 9.17) is 16.3 Å². The molecule has 88 valence electrons. The Kier molecular flexibility index (Phi) is 3.46. The lowest BCUT2D eigenvalue weighted by Crippen LogP contribution is -2.26. The zero-order chi connectivity index (χ0) is 11.5. The number of nitrogens with zero attached hydrogens (tertiary/aromatic N) is 2. The van der Waals surface area contributed by atoms with Crippen LogP contribution in [0.1, 0.15) is 13.3 Å². The Morgan fingerprint density at radius 1 is 1.75 bits per heavy atom. The molecular weight excluding hydrogens is 230 g/mol. The van der Waals surface area contributed by atoms with Crippen LogP contribution in [-0.4, -0.2) is 29.0 Å². The standard InChI is InChI=1S/C10H14ClN3O2/c1-2-14-10(15)9(11)8(5-12-14)13-7-3-4-16-6-7/h5,7,13H,2-4,6H2,1H3. The molecule has 0 spiro atoms. The van der Waals surface area contributed by atoms with Crippen molar-refractivity contribution in [2.75, 3.05) is 18.5 Å². The van der Waals surface area contributed by atoms with E-state index >= 15 is 0 Å². The topological polar surface area (TPSA) is 56.1 Å². The van der Waals surface area contributed by atoms with Gasteiger partial charge < -0.3 is 10.1 Å². The van der Waals surface area contributed by atoms with Crippen molar-refractivity contribution in [3.05, 3.63) is 21.6 Å². The van der Waals surface area contributed by atoms with Crippen molar-refractivity contribution in [3.63, 3.8) is 0 Å². The molecule has 5 nitrogen and oxygen atoms in total. The van der Waals surface area contributed by atoms with Crippen LogP contribution >= 0.6 is 11.6 Å². The quantitative estimate of drug-likeness (QED) is 0.864. The molecule has 0 aliphatic carbocycles. The van der Waals surface area contributed by atoms with Gasteiger partial charge in [0.05, 0.1) is 24.5 Å². The first kappa shape index (κ1) is 11.4. The van der Waals surface area contributed by atoms with Crippen molar-refractivity contribution >= 4 is 17.3 Å². The van der Waals surface area contributed by atoms with Gasteiger partial charge in [-0.3, -0.25) is 4.79 Å². The van der Waals surface area contributed by atoms with Crippen LogP contribution in [0.5, 0.6) is 0 Å². The van der Waals surface area contributed by atoms with E-state index in [0.29, 0.717) is 18.8 Å². The summed E-state index contributed by atoms with van der Waals surface area (Å²) in [7, 11) is 0. The number of nitrogens with one attached hydrogen (secondary N) is 1. The maximum Gasteiger partial charge on any atom is 0.287 e. The first-order valence-corrected chi connectivity index (χ1v) is 5.70. The average molecular weight is 244 g/mol. The van der Waals surface area contributed by atoms with Crippen molar-refractivity contribution in [2.45, 2.75) is 25.9 Å². The second kappa shape index (κ2) is 4.84. The fourth-order valence-corrected chi connectivity index (χ4v) is 1.86. The summed E-state index contributed by atoms with van der Waals surface area (Å²) >= 11 is 5.98. The van der Waals surface area contributed by atoms with Gasteiger partial charge in [0.1, 0.15) is 5.02 Å². The van der Waals surface area contributed by atoms with Gasteiger partial charge >= 0.3 is 0 Å². The highest BCUT2D eigenvalue weighted by Crippen LogP contribution is 2.18. The Labute approximate surface area is 98.4 Å². The summed E-state index contributed by atoms with van der Waals surface area (Å²) in [5.74, 6) is 0. The predicted molar refractivity (Wildman–Crippen MR) is 62.0 cm³/mol. The number of aromatic nitrogens is 2. The Morgan fingerprint density at radius 2 is 2.56 bits per heavy atom. The summed E-state index contributed by atoms with van der Waals surface area (Å²) < 4.78 is 6.57. The molecule has 1 aliphatic heterocycles. The summed E-state index contributed by atoms with van der Waals surface area (Å²) in [6.45, 7) is 3.76. The lowest BCUT2D eigenvalue weighted by Gasteiger charge is -2.13. The number of hydrogen-bond acceptors (Lipinski definition) is 4. The van der Waals surface area contributed by atoms with E-state index in [9.17, 15) is 4.79 Å². The van der Waals surface area contributed by atoms with Crippen molar-refractivity contribution in [3.8, 4) is 0 Å². The number of aryl methyl sites for hydroxylation is 1. The molecule has 0 aromatic carbocycles. The van der Waals surface area contributed by atoms with Crippen LogP contribution in [0.15, 0.2) is 11.0 Å². The van der Waals surface area contributed by atoms with E-state index in [1.165, 1.54) is 4.68 Å². The lowest BCUT2D eigenvalue weighted by atomic mass is 10.2. The molecule has 1 aromatic rings. The molecule has 1 N–H and O–H groups in total. The minimum atomic E-state index is -0.256. The molecule has 0 radical (unpaired) electrons. The van der Waals surface area contributed by atoms with Crippen LogP contribution in [0.4, 0.5) is 5.69 Å². The molecule has 1 unspecified atom stereocenters. The molecule has 2 rings (SSSR count). The van der Waals surface area contributed by atoms with Crippen LogP contribution in [0.2, 0.25) is 5.02 Å². The Hall–Kier alpha value is -1.07. The summed E-state index contributed by atoms with van der Waals surface area (Å²) in [5.41, 5.74) is 0.333. The summed E-state index contributed by atoms with van der Waals surface area (Å²) in [6.07, 6.45) is 2.51. The van der Waals surface area contributed by atoms with Gasteiger partial charge in [-0.1, -0.05) is 11.6 Å². The molecule has 2 heterocycles. The summed E-state index contributed by atoms with van der Waals surface area (Å²) in [5, 5.41) is 7.38. The van der Waals surface area contributed by atoms with Crippen molar-refractivity contribution in [2.24, 2.45) is 0 Å². The van der Waals surface area contributed by atoms with Crippen LogP contribution < -0.4 is 10.9 Å². The third-order valence-corrected chi connectivity index (χ3v) is 2.94. The molecule has 1 atom stereocenters. The number of anilines is 1. The smallest absolute Gasteiger partial charge is 0.287 e. The van der Waals surface area contributed by atoms with Crippen LogP contribution in [0.3, 0.4) is 0 Å². The Bertz CT molecular complexity index is 427. The highest BCUT2D eigenvalue weighted by atomic mass is 35.5. The normalized spacial score (nSPS) is 20.0. The van der Waals surface area contributed by atoms with E-state index < -0.39 is 0 Å². The highest BCUT2D eigenvalue weighted by Gasteiger charge is 2.17. The van der Waals surface area contributed by atoms with Gasteiger partial charge in [-0.2, -0.15) is 5.10 Å². The maximum absolute atomic E-state index is 11.7. The minimum Gasteiger partial charge on any atom is -0.379 e. The Morgan fingerprint density at radius 3 is 3.19 bits per heavy atom. The zero-order valence-electron chi connectivity index (χ0n) is 9.07. The number of halogens is 1. The predicted octanol–water partition coefficient (Wildman–Crippen LogP) is 1.12. The van der Waals surface area contributed by atoms with Gasteiger partial charge in [-0.15, -0.1) is 0 Å². The monoisotopic (exact) mass is 243 g/mol. The third-order valence-electron chi connectivity index (χ3n) is 2.57. The number of ether oxygens (including phenoxy) is 1. The molecule has 1 saturated heterocycles. The SMILES string of the molecule is CCn1ncc(NC2CCOC2)c(Cl)c1=O. The molecule has 0 bridgehead atoms. The third kappa shape index (κ3) is 2.20. The van der Waals surface area contributed by atoms with Crippen LogP contribution in [0.25, 0.3) is 0 Å². The van der Waals surface area contributed by atoms with Gasteiger partial charge in [0.15, 0.2) is 0 Å². The van der Waals surface area contributed by atoms with Gasteiger partial charge in [0.25, 0.3) is 5.56 Å². The Balaban J connectivity index is 2.21. The van der Waals surface area contributed by atoms with Gasteiger partial charge in [0.2, 0.25) is 0 Å². The van der Waals surface area contributed by atoms with E-state index in [0.717, 1.165) is 13.0 Å². The van der Waals surface area contributed by atoms with E-state index in [-0.39, 0.29) is 16.6 Å². The highest BCUT2D eigenvalue weighted by molar-refractivity contribution is 6.32. The first-order valence-electron chi connectivity index (χ1n) is 5.32. The van der Waals surface area contributed by atoms with Crippen molar-refractivity contribution < 1.29 is 4.74 Å². The van der Waals surface area contributed by atoms with Gasteiger partial charge in [-0.05, 0) is 13.3 Å². The van der Waals surface area contributed by atoms with Gasteiger partial charge in [0, 0.05) is 13.2 Å². The average Bonchev–Trinajstić information content (AvgIpc) is 2.78. The van der Waals surface area contributed by atoms with Gasteiger partial charge in [-0.25, -0.2) is 4.68 Å². The molecule has 0 amide bonds. The lowest BCUT2D eigenvalue weighted by molar-refractivity contribution is 0.195. The molecule has 16 heavy (non-hydrogen) atoms. The number of rotatable bonds is 3. The maximum atomic E-state index is 11.7. The summed E-state index contributed by atoms with van der Waals surface area (Å²) in [4.78, 5) is 11.7. The molecule has 1 fully saturated rings. The fraction of sp³-hybridized carbons (Fsp3) is 0.600. The second-order valence-corrected chi connectivity index (χ2v) is 4.08. The second-order valence-electron chi connectivity index (χ2n) is 3.70. The van der Waals surface area contributed by atoms with E-state index in [1.54, 1.807) is 6.20 Å². The van der Waals surface area contributed by atoms with Crippen molar-refractivity contribution in [1.29, 1.82) is 0 Å². The molecule has 6 heteroatoms. The number of hydrogen-bond donors (Lipinski definition) is 1. The van der Waals surface area contributed by atoms with E-state index in [1.807, 2.05) is 6.92 Å². The first-order chi connectivity index (χ1) is 7.72. The van der Waals surface area contributed by atoms with E-state index in [2.05, 4.69) is 10.4 Å². The molecule has 1 aliphatic rings. The van der Waals surface area contributed by atoms with Crippen LogP contribution in [0, 0.1) is 0 Å². The zero-order valence-corrected chi connectivity index (χ0v) is 9.83. The largest absolute Gasteiger partial charge is 0.379 e. The molecule has 0 saturated carbocycles. The van der Waals surface area contributed by atoms with Crippen molar-refractivity contribution in [1.82, 2.24) is 9.78 Å². The van der Waals surface area contributed by atoms with Crippen LogP contribution in [-0.2, 0) is 11.3 Å². The summed E-state index contributed by atoms with van der Waals surface area (Å²) in [6, 6.07) is 0.219. The molecular formula is C10H14ClN3O2. The minimum absolute atomic E-state index is 0.198. The molecule has 1 aromatic heterocycles.